The summed E-state index contributed by atoms with van der Waals surface area (Å²) < 4.78 is 0. The van der Waals surface area contributed by atoms with Gasteiger partial charge in [-0.05, 0) is 26.0 Å². The van der Waals surface area contributed by atoms with Crippen molar-refractivity contribution in [3.63, 3.8) is 0 Å². The second kappa shape index (κ2) is 4.69. The van der Waals surface area contributed by atoms with Crippen molar-refractivity contribution >= 4 is 11.6 Å². The number of hydrogen-bond donors (Lipinski definition) is 0. The smallest absolute Gasteiger partial charge is 0.232 e. The van der Waals surface area contributed by atoms with Crippen molar-refractivity contribution in [3.8, 4) is 0 Å². The molecule has 0 atom stereocenters. The lowest BCUT2D eigenvalue weighted by atomic mass is 9.94. The minimum atomic E-state index is -0.332. The molecule has 0 saturated carbocycles. The predicted molar refractivity (Wildman–Crippen MR) is 68.7 cm³/mol. The van der Waals surface area contributed by atoms with Crippen LogP contribution in [-0.2, 0) is 4.79 Å². The van der Waals surface area contributed by atoms with Crippen LogP contribution in [0.25, 0.3) is 0 Å². The summed E-state index contributed by atoms with van der Waals surface area (Å²) in [6, 6.07) is 8.08. The molecule has 0 aromatic heterocycles. The van der Waals surface area contributed by atoms with Crippen LogP contribution in [0.3, 0.4) is 0 Å². The molecule has 1 rings (SSSR count). The van der Waals surface area contributed by atoms with E-state index in [-0.39, 0.29) is 11.3 Å². The molecule has 1 aromatic rings. The number of hydrogen-bond acceptors (Lipinski definition) is 1. The minimum Gasteiger partial charge on any atom is -0.312 e. The van der Waals surface area contributed by atoms with Gasteiger partial charge in [-0.15, -0.1) is 0 Å². The normalized spacial score (nSPS) is 11.3. The van der Waals surface area contributed by atoms with E-state index >= 15 is 0 Å². The maximum atomic E-state index is 12.2. The Labute approximate surface area is 98.3 Å². The predicted octanol–water partition coefficient (Wildman–Crippen LogP) is 3.39. The van der Waals surface area contributed by atoms with Crippen molar-refractivity contribution in [1.82, 2.24) is 0 Å². The topological polar surface area (TPSA) is 20.3 Å². The number of carbonyl (C=O) groups excluding carboxylic acids is 1. The van der Waals surface area contributed by atoms with Gasteiger partial charge in [-0.3, -0.25) is 4.79 Å². The fraction of sp³-hybridized carbons (Fsp3) is 0.500. The van der Waals surface area contributed by atoms with Gasteiger partial charge in [0.2, 0.25) is 5.91 Å². The average Bonchev–Trinajstić information content (AvgIpc) is 2.20. The van der Waals surface area contributed by atoms with Gasteiger partial charge in [0.25, 0.3) is 0 Å². The Morgan fingerprint density at radius 2 is 1.69 bits per heavy atom. The zero-order chi connectivity index (χ0) is 12.3. The molecular formula is C14H21NO. The van der Waals surface area contributed by atoms with Crippen LogP contribution in [0.2, 0.25) is 0 Å². The van der Waals surface area contributed by atoms with Crippen molar-refractivity contribution in [1.29, 1.82) is 0 Å². The van der Waals surface area contributed by atoms with E-state index < -0.39 is 0 Å². The first-order valence-corrected chi connectivity index (χ1v) is 5.75. The number of amides is 1. The van der Waals surface area contributed by atoms with Gasteiger partial charge in [-0.2, -0.15) is 0 Å². The van der Waals surface area contributed by atoms with Crippen LogP contribution in [0.1, 0.15) is 33.3 Å². The summed E-state index contributed by atoms with van der Waals surface area (Å²) in [5.41, 5.74) is 1.86. The fourth-order valence-corrected chi connectivity index (χ4v) is 1.57. The highest BCUT2D eigenvalue weighted by Crippen LogP contribution is 2.23. The monoisotopic (exact) mass is 219 g/mol. The lowest BCUT2D eigenvalue weighted by Crippen LogP contribution is -2.39. The highest BCUT2D eigenvalue weighted by molar-refractivity contribution is 5.96. The van der Waals surface area contributed by atoms with Crippen molar-refractivity contribution in [2.45, 2.75) is 34.6 Å². The molecule has 1 amide bonds. The maximum absolute atomic E-state index is 12.2. The van der Waals surface area contributed by atoms with E-state index in [2.05, 4.69) is 0 Å². The zero-order valence-corrected chi connectivity index (χ0v) is 10.9. The Balaban J connectivity index is 2.99. The quantitative estimate of drug-likeness (QED) is 0.746. The van der Waals surface area contributed by atoms with E-state index in [1.54, 1.807) is 0 Å². The Bertz CT molecular complexity index is 359. The van der Waals surface area contributed by atoms with Gasteiger partial charge in [-0.1, -0.05) is 38.5 Å². The van der Waals surface area contributed by atoms with Crippen molar-refractivity contribution in [3.05, 3.63) is 29.8 Å². The highest BCUT2D eigenvalue weighted by Gasteiger charge is 2.27. The minimum absolute atomic E-state index is 0.166. The van der Waals surface area contributed by atoms with E-state index in [0.717, 1.165) is 5.69 Å². The number of carbonyl (C=O) groups is 1. The number of nitrogens with zero attached hydrogens (tertiary/aromatic N) is 1. The number of rotatable bonds is 2. The lowest BCUT2D eigenvalue weighted by Gasteiger charge is -2.28. The second-order valence-electron chi connectivity index (χ2n) is 5.13. The second-order valence-corrected chi connectivity index (χ2v) is 5.13. The fourth-order valence-electron chi connectivity index (χ4n) is 1.57. The van der Waals surface area contributed by atoms with E-state index in [0.29, 0.717) is 6.54 Å². The van der Waals surface area contributed by atoms with Gasteiger partial charge >= 0.3 is 0 Å². The summed E-state index contributed by atoms with van der Waals surface area (Å²) in [6.45, 7) is 10.6. The first kappa shape index (κ1) is 12.8. The van der Waals surface area contributed by atoms with Gasteiger partial charge in [0.1, 0.15) is 0 Å². The van der Waals surface area contributed by atoms with E-state index in [1.165, 1.54) is 5.56 Å². The van der Waals surface area contributed by atoms with Crippen LogP contribution in [0.4, 0.5) is 5.69 Å². The summed E-state index contributed by atoms with van der Waals surface area (Å²) >= 11 is 0. The molecule has 2 heteroatoms. The van der Waals surface area contributed by atoms with Gasteiger partial charge in [-0.25, -0.2) is 0 Å². The molecule has 0 aliphatic heterocycles. The molecule has 0 radical (unpaired) electrons. The molecule has 0 heterocycles. The molecule has 0 aliphatic rings. The average molecular weight is 219 g/mol. The van der Waals surface area contributed by atoms with Crippen LogP contribution < -0.4 is 4.90 Å². The lowest BCUT2D eigenvalue weighted by molar-refractivity contribution is -0.125. The first-order chi connectivity index (χ1) is 7.36. The molecule has 0 aliphatic carbocycles. The first-order valence-electron chi connectivity index (χ1n) is 5.75. The molecular weight excluding hydrogens is 198 g/mol. The van der Waals surface area contributed by atoms with Crippen LogP contribution in [0, 0.1) is 12.3 Å². The van der Waals surface area contributed by atoms with Crippen molar-refractivity contribution in [2.75, 3.05) is 11.4 Å². The molecule has 0 N–H and O–H groups in total. The molecule has 1 aromatic carbocycles. The Morgan fingerprint density at radius 1 is 1.19 bits per heavy atom. The molecule has 0 fully saturated rings. The molecule has 0 bridgehead atoms. The molecule has 0 saturated heterocycles. The third-order valence-corrected chi connectivity index (χ3v) is 2.55. The maximum Gasteiger partial charge on any atom is 0.232 e. The summed E-state index contributed by atoms with van der Waals surface area (Å²) in [7, 11) is 0. The molecule has 2 nitrogen and oxygen atoms in total. The third-order valence-electron chi connectivity index (χ3n) is 2.55. The van der Waals surface area contributed by atoms with Crippen molar-refractivity contribution in [2.24, 2.45) is 5.41 Å². The summed E-state index contributed by atoms with van der Waals surface area (Å²) in [5, 5.41) is 0. The van der Waals surface area contributed by atoms with Crippen LogP contribution in [0.15, 0.2) is 24.3 Å². The number of benzene rings is 1. The van der Waals surface area contributed by atoms with Gasteiger partial charge in [0.15, 0.2) is 0 Å². The van der Waals surface area contributed by atoms with Gasteiger partial charge in [0.05, 0.1) is 0 Å². The van der Waals surface area contributed by atoms with E-state index in [1.807, 2.05) is 63.8 Å². The summed E-state index contributed by atoms with van der Waals surface area (Å²) in [6.07, 6.45) is 0. The molecule has 0 spiro atoms. The van der Waals surface area contributed by atoms with Crippen LogP contribution in [0.5, 0.6) is 0 Å². The number of anilines is 1. The molecule has 88 valence electrons. The van der Waals surface area contributed by atoms with Gasteiger partial charge < -0.3 is 4.90 Å². The zero-order valence-electron chi connectivity index (χ0n) is 10.9. The van der Waals surface area contributed by atoms with Crippen LogP contribution >= 0.6 is 0 Å². The highest BCUT2D eigenvalue weighted by atomic mass is 16.2. The Kier molecular flexibility index (Phi) is 3.74. The Morgan fingerprint density at radius 3 is 2.06 bits per heavy atom. The van der Waals surface area contributed by atoms with E-state index in [9.17, 15) is 4.79 Å². The molecule has 16 heavy (non-hydrogen) atoms. The van der Waals surface area contributed by atoms with Gasteiger partial charge in [0, 0.05) is 17.6 Å². The summed E-state index contributed by atoms with van der Waals surface area (Å²) in [5.74, 6) is 0.166. The van der Waals surface area contributed by atoms with E-state index in [4.69, 9.17) is 0 Å². The number of aryl methyl sites for hydroxylation is 1. The third kappa shape index (κ3) is 2.84. The van der Waals surface area contributed by atoms with Crippen molar-refractivity contribution < 1.29 is 4.79 Å². The Hall–Kier alpha value is -1.31. The van der Waals surface area contributed by atoms with Crippen LogP contribution in [-0.4, -0.2) is 12.5 Å². The standard InChI is InChI=1S/C14H21NO/c1-6-15(13(16)14(3,4)5)12-9-7-11(2)8-10-12/h7-10H,6H2,1-5H3. The largest absolute Gasteiger partial charge is 0.312 e. The summed E-state index contributed by atoms with van der Waals surface area (Å²) in [4.78, 5) is 14.0. The SMILES string of the molecule is CCN(C(=O)C(C)(C)C)c1ccc(C)cc1. The molecule has 0 unspecified atom stereocenters.